The third-order valence-corrected chi connectivity index (χ3v) is 3.83. The van der Waals surface area contributed by atoms with E-state index in [9.17, 15) is 9.59 Å². The third kappa shape index (κ3) is 5.67. The molecule has 3 nitrogen and oxygen atoms in total. The minimum absolute atomic E-state index is 0.150. The molecule has 24 heavy (non-hydrogen) atoms. The lowest BCUT2D eigenvalue weighted by Gasteiger charge is -2.07. The predicted molar refractivity (Wildman–Crippen MR) is 97.9 cm³/mol. The van der Waals surface area contributed by atoms with E-state index in [0.29, 0.717) is 11.6 Å². The molecule has 0 saturated heterocycles. The van der Waals surface area contributed by atoms with Crippen molar-refractivity contribution >= 4 is 29.4 Å². The second-order valence-electron chi connectivity index (χ2n) is 5.51. The van der Waals surface area contributed by atoms with Crippen LogP contribution in [0.4, 0.5) is 0 Å². The quantitative estimate of drug-likeness (QED) is 0.357. The first-order chi connectivity index (χ1) is 11.6. The average molecular weight is 342 g/mol. The molecule has 4 heteroatoms. The highest BCUT2D eigenvalue weighted by molar-refractivity contribution is 6.30. The molecule has 0 heterocycles. The molecule has 0 aliphatic rings. The molecule has 0 aliphatic heterocycles. The SMILES string of the molecule is CC(=O)C(=Cc1ccc(Cl)cc1)C(=O)NCCCc1ccccc1. The molecule has 0 saturated carbocycles. The van der Waals surface area contributed by atoms with Crippen LogP contribution in [0.25, 0.3) is 6.08 Å². The molecule has 124 valence electrons. The van der Waals surface area contributed by atoms with Gasteiger partial charge < -0.3 is 5.32 Å². The van der Waals surface area contributed by atoms with E-state index in [2.05, 4.69) is 17.4 Å². The van der Waals surface area contributed by atoms with Crippen LogP contribution in [0.5, 0.6) is 0 Å². The van der Waals surface area contributed by atoms with Crippen LogP contribution in [0.15, 0.2) is 60.2 Å². The van der Waals surface area contributed by atoms with Gasteiger partial charge >= 0.3 is 0 Å². The first kappa shape index (κ1) is 18.0. The number of hydrogen-bond donors (Lipinski definition) is 1. The lowest BCUT2D eigenvalue weighted by atomic mass is 10.1. The Hall–Kier alpha value is -2.39. The summed E-state index contributed by atoms with van der Waals surface area (Å²) in [6.07, 6.45) is 3.30. The van der Waals surface area contributed by atoms with Crippen LogP contribution < -0.4 is 5.32 Å². The molecule has 0 fully saturated rings. The summed E-state index contributed by atoms with van der Waals surface area (Å²) in [4.78, 5) is 24.0. The molecule has 1 N–H and O–H groups in total. The number of Topliss-reactive ketones (excluding diaryl/α,β-unsaturated/α-hetero) is 1. The van der Waals surface area contributed by atoms with Crippen molar-refractivity contribution in [2.24, 2.45) is 0 Å². The van der Waals surface area contributed by atoms with E-state index in [0.717, 1.165) is 18.4 Å². The highest BCUT2D eigenvalue weighted by atomic mass is 35.5. The summed E-state index contributed by atoms with van der Waals surface area (Å²) < 4.78 is 0. The number of aryl methyl sites for hydroxylation is 1. The molecule has 0 aromatic heterocycles. The Morgan fingerprint density at radius 2 is 1.71 bits per heavy atom. The maximum Gasteiger partial charge on any atom is 0.254 e. The van der Waals surface area contributed by atoms with Crippen molar-refractivity contribution in [1.29, 1.82) is 0 Å². The lowest BCUT2D eigenvalue weighted by Crippen LogP contribution is -2.28. The number of nitrogens with one attached hydrogen (secondary N) is 1. The van der Waals surface area contributed by atoms with Crippen molar-refractivity contribution in [2.75, 3.05) is 6.54 Å². The minimum atomic E-state index is -0.342. The van der Waals surface area contributed by atoms with Crippen LogP contribution in [0, 0.1) is 0 Å². The van der Waals surface area contributed by atoms with Gasteiger partial charge in [0, 0.05) is 11.6 Å². The van der Waals surface area contributed by atoms with Crippen molar-refractivity contribution < 1.29 is 9.59 Å². The van der Waals surface area contributed by atoms with Gasteiger partial charge in [-0.05, 0) is 49.1 Å². The molecule has 0 atom stereocenters. The zero-order chi connectivity index (χ0) is 17.4. The fraction of sp³-hybridized carbons (Fsp3) is 0.200. The summed E-state index contributed by atoms with van der Waals surface area (Å²) in [6.45, 7) is 1.92. The normalized spacial score (nSPS) is 11.2. The number of amides is 1. The van der Waals surface area contributed by atoms with Crippen LogP contribution >= 0.6 is 11.6 Å². The van der Waals surface area contributed by atoms with Crippen LogP contribution in [0.1, 0.15) is 24.5 Å². The zero-order valence-electron chi connectivity index (χ0n) is 13.6. The van der Waals surface area contributed by atoms with E-state index in [-0.39, 0.29) is 17.3 Å². The maximum absolute atomic E-state index is 12.2. The first-order valence-electron chi connectivity index (χ1n) is 7.86. The van der Waals surface area contributed by atoms with Crippen molar-refractivity contribution in [3.05, 3.63) is 76.3 Å². The Kier molecular flexibility index (Phi) is 6.76. The van der Waals surface area contributed by atoms with Gasteiger partial charge in [-0.1, -0.05) is 54.1 Å². The Morgan fingerprint density at radius 3 is 2.33 bits per heavy atom. The Labute approximate surface area is 147 Å². The van der Waals surface area contributed by atoms with E-state index in [1.54, 1.807) is 30.3 Å². The second kappa shape index (κ2) is 9.04. The lowest BCUT2D eigenvalue weighted by molar-refractivity contribution is -0.121. The molecule has 2 aromatic carbocycles. The molecule has 2 aromatic rings. The largest absolute Gasteiger partial charge is 0.352 e. The second-order valence-corrected chi connectivity index (χ2v) is 5.95. The number of benzene rings is 2. The molecule has 0 spiro atoms. The van der Waals surface area contributed by atoms with E-state index in [4.69, 9.17) is 11.6 Å². The zero-order valence-corrected chi connectivity index (χ0v) is 14.3. The average Bonchev–Trinajstić information content (AvgIpc) is 2.58. The summed E-state index contributed by atoms with van der Waals surface area (Å²) in [6, 6.07) is 17.1. The molecule has 2 rings (SSSR count). The highest BCUT2D eigenvalue weighted by Crippen LogP contribution is 2.13. The highest BCUT2D eigenvalue weighted by Gasteiger charge is 2.13. The number of halogens is 1. The maximum atomic E-state index is 12.2. The third-order valence-electron chi connectivity index (χ3n) is 3.58. The Morgan fingerprint density at radius 1 is 1.04 bits per heavy atom. The van der Waals surface area contributed by atoms with Gasteiger partial charge in [0.05, 0.1) is 5.57 Å². The smallest absolute Gasteiger partial charge is 0.254 e. The van der Waals surface area contributed by atoms with E-state index < -0.39 is 0 Å². The number of rotatable bonds is 7. The first-order valence-corrected chi connectivity index (χ1v) is 8.24. The predicted octanol–water partition coefficient (Wildman–Crippen LogP) is 4.06. The molecule has 0 aliphatic carbocycles. The molecular formula is C20H20ClNO2. The van der Waals surface area contributed by atoms with Gasteiger partial charge in [0.15, 0.2) is 5.78 Å². The number of hydrogen-bond acceptors (Lipinski definition) is 2. The van der Waals surface area contributed by atoms with Gasteiger partial charge in [-0.3, -0.25) is 9.59 Å². The van der Waals surface area contributed by atoms with E-state index >= 15 is 0 Å². The van der Waals surface area contributed by atoms with Gasteiger partial charge in [-0.25, -0.2) is 0 Å². The van der Waals surface area contributed by atoms with E-state index in [1.165, 1.54) is 12.5 Å². The fourth-order valence-electron chi connectivity index (χ4n) is 2.29. The van der Waals surface area contributed by atoms with Gasteiger partial charge in [0.1, 0.15) is 0 Å². The topological polar surface area (TPSA) is 46.2 Å². The minimum Gasteiger partial charge on any atom is -0.352 e. The Bertz CT molecular complexity index is 721. The van der Waals surface area contributed by atoms with Crippen LogP contribution in [-0.4, -0.2) is 18.2 Å². The van der Waals surface area contributed by atoms with Crippen LogP contribution in [-0.2, 0) is 16.0 Å². The van der Waals surface area contributed by atoms with E-state index in [1.807, 2.05) is 18.2 Å². The van der Waals surface area contributed by atoms with Gasteiger partial charge in [0.25, 0.3) is 5.91 Å². The molecule has 1 amide bonds. The number of ketones is 1. The summed E-state index contributed by atoms with van der Waals surface area (Å²) in [5.41, 5.74) is 2.15. The van der Waals surface area contributed by atoms with Crippen molar-refractivity contribution in [3.8, 4) is 0 Å². The van der Waals surface area contributed by atoms with Gasteiger partial charge in [0.2, 0.25) is 0 Å². The van der Waals surface area contributed by atoms with Crippen molar-refractivity contribution in [1.82, 2.24) is 5.32 Å². The van der Waals surface area contributed by atoms with Gasteiger partial charge in [-0.15, -0.1) is 0 Å². The Balaban J connectivity index is 1.92. The van der Waals surface area contributed by atoms with Crippen LogP contribution in [0.2, 0.25) is 5.02 Å². The summed E-state index contributed by atoms with van der Waals surface area (Å²) in [7, 11) is 0. The number of carbonyl (C=O) groups is 2. The molecule has 0 radical (unpaired) electrons. The summed E-state index contributed by atoms with van der Waals surface area (Å²) >= 11 is 5.84. The molecular weight excluding hydrogens is 322 g/mol. The van der Waals surface area contributed by atoms with Crippen molar-refractivity contribution in [3.63, 3.8) is 0 Å². The fourth-order valence-corrected chi connectivity index (χ4v) is 2.41. The van der Waals surface area contributed by atoms with Gasteiger partial charge in [-0.2, -0.15) is 0 Å². The molecule has 0 bridgehead atoms. The van der Waals surface area contributed by atoms with Crippen LogP contribution in [0.3, 0.4) is 0 Å². The summed E-state index contributed by atoms with van der Waals surface area (Å²) in [5, 5.41) is 3.42. The standard InChI is InChI=1S/C20H20ClNO2/c1-15(23)19(14-17-9-11-18(21)12-10-17)20(24)22-13-5-8-16-6-3-2-4-7-16/h2-4,6-7,9-12,14H,5,8,13H2,1H3,(H,22,24). The number of carbonyl (C=O) groups excluding carboxylic acids is 2. The summed E-state index contributed by atoms with van der Waals surface area (Å²) in [5.74, 6) is -0.601. The monoisotopic (exact) mass is 341 g/mol. The van der Waals surface area contributed by atoms with Crippen molar-refractivity contribution in [2.45, 2.75) is 19.8 Å². The molecule has 0 unspecified atom stereocenters.